The molecule has 2 aromatic carbocycles. The second-order valence-electron chi connectivity index (χ2n) is 8.21. The summed E-state index contributed by atoms with van der Waals surface area (Å²) in [7, 11) is 4.17. The van der Waals surface area contributed by atoms with Crippen molar-refractivity contribution in [1.82, 2.24) is 5.32 Å². The minimum absolute atomic E-state index is 0.632. The summed E-state index contributed by atoms with van der Waals surface area (Å²) in [5.74, 6) is 1.77. The molecule has 0 bridgehead atoms. The largest absolute Gasteiger partial charge is 0.486 e. The van der Waals surface area contributed by atoms with Crippen molar-refractivity contribution < 1.29 is 9.47 Å². The molecule has 5 heteroatoms. The van der Waals surface area contributed by atoms with Crippen molar-refractivity contribution in [1.29, 1.82) is 0 Å². The first-order valence-corrected chi connectivity index (χ1v) is 10.8. The van der Waals surface area contributed by atoms with Crippen molar-refractivity contribution in [2.45, 2.75) is 31.7 Å². The second-order valence-corrected chi connectivity index (χ2v) is 8.21. The normalized spacial score (nSPS) is 16.7. The summed E-state index contributed by atoms with van der Waals surface area (Å²) in [5.41, 5.74) is 3.92. The molecule has 4 rings (SSSR count). The highest BCUT2D eigenvalue weighted by molar-refractivity contribution is 5.56. The molecular formula is C24H33N3O2. The fraction of sp³-hybridized carbons (Fsp3) is 0.500. The lowest BCUT2D eigenvalue weighted by Gasteiger charge is -2.34. The Morgan fingerprint density at radius 1 is 0.966 bits per heavy atom. The maximum Gasteiger partial charge on any atom is 0.161 e. The fourth-order valence-corrected chi connectivity index (χ4v) is 4.15. The van der Waals surface area contributed by atoms with E-state index < -0.39 is 0 Å². The van der Waals surface area contributed by atoms with Gasteiger partial charge in [-0.3, -0.25) is 0 Å². The number of hydrogen-bond donors (Lipinski definition) is 1. The molecule has 5 nitrogen and oxygen atoms in total. The van der Waals surface area contributed by atoms with E-state index in [-0.39, 0.29) is 0 Å². The van der Waals surface area contributed by atoms with Crippen molar-refractivity contribution in [3.63, 3.8) is 0 Å². The third-order valence-corrected chi connectivity index (χ3v) is 5.91. The van der Waals surface area contributed by atoms with Gasteiger partial charge in [-0.1, -0.05) is 6.07 Å². The maximum atomic E-state index is 5.68. The van der Waals surface area contributed by atoms with Crippen LogP contribution in [-0.2, 0) is 6.42 Å². The number of rotatable bonds is 7. The van der Waals surface area contributed by atoms with E-state index in [9.17, 15) is 0 Å². The Hall–Kier alpha value is -2.40. The smallest absolute Gasteiger partial charge is 0.161 e. The molecule has 2 aliphatic heterocycles. The van der Waals surface area contributed by atoms with Gasteiger partial charge in [0, 0.05) is 44.6 Å². The lowest BCUT2D eigenvalue weighted by molar-refractivity contribution is 0.171. The number of hydrogen-bond acceptors (Lipinski definition) is 5. The molecule has 29 heavy (non-hydrogen) atoms. The van der Waals surface area contributed by atoms with Crippen LogP contribution in [0.5, 0.6) is 11.5 Å². The summed E-state index contributed by atoms with van der Waals surface area (Å²) < 4.78 is 11.3. The summed E-state index contributed by atoms with van der Waals surface area (Å²) >= 11 is 0. The molecule has 1 N–H and O–H groups in total. The SMILES string of the molecule is CN(C)c1ccc(N2CCC(NCCCc3ccc4c(c3)OCCO4)CC2)cc1. The van der Waals surface area contributed by atoms with E-state index >= 15 is 0 Å². The summed E-state index contributed by atoms with van der Waals surface area (Å²) in [5, 5.41) is 3.76. The summed E-state index contributed by atoms with van der Waals surface area (Å²) in [4.78, 5) is 4.65. The average Bonchev–Trinajstić information content (AvgIpc) is 2.77. The van der Waals surface area contributed by atoms with Crippen LogP contribution in [0.25, 0.3) is 0 Å². The van der Waals surface area contributed by atoms with Crippen LogP contribution in [0.2, 0.25) is 0 Å². The van der Waals surface area contributed by atoms with E-state index in [2.05, 4.69) is 65.6 Å². The van der Waals surface area contributed by atoms with E-state index in [1.54, 1.807) is 0 Å². The van der Waals surface area contributed by atoms with Crippen molar-refractivity contribution in [2.75, 3.05) is 56.7 Å². The molecule has 2 heterocycles. The zero-order chi connectivity index (χ0) is 20.1. The van der Waals surface area contributed by atoms with Gasteiger partial charge in [0.05, 0.1) is 0 Å². The predicted octanol–water partition coefficient (Wildman–Crippen LogP) is 3.72. The van der Waals surface area contributed by atoms with Gasteiger partial charge in [0.1, 0.15) is 13.2 Å². The van der Waals surface area contributed by atoms with E-state index in [4.69, 9.17) is 9.47 Å². The topological polar surface area (TPSA) is 37.0 Å². The molecule has 0 aliphatic carbocycles. The minimum atomic E-state index is 0.632. The zero-order valence-corrected chi connectivity index (χ0v) is 17.7. The second kappa shape index (κ2) is 9.40. The number of nitrogens with one attached hydrogen (secondary N) is 1. The minimum Gasteiger partial charge on any atom is -0.486 e. The molecular weight excluding hydrogens is 362 g/mol. The van der Waals surface area contributed by atoms with Crippen molar-refractivity contribution in [3.05, 3.63) is 48.0 Å². The van der Waals surface area contributed by atoms with Crippen LogP contribution in [0.4, 0.5) is 11.4 Å². The number of benzene rings is 2. The van der Waals surface area contributed by atoms with Crippen LogP contribution in [0.3, 0.4) is 0 Å². The Morgan fingerprint density at radius 3 is 2.41 bits per heavy atom. The van der Waals surface area contributed by atoms with Crippen LogP contribution in [0.15, 0.2) is 42.5 Å². The number of nitrogens with zero attached hydrogens (tertiary/aromatic N) is 2. The first-order valence-electron chi connectivity index (χ1n) is 10.8. The number of aryl methyl sites for hydroxylation is 1. The standard InChI is InChI=1S/C24H33N3O2/c1-26(2)21-6-8-22(9-7-21)27-14-11-20(12-15-27)25-13-3-4-19-5-10-23-24(18-19)29-17-16-28-23/h5-10,18,20,25H,3-4,11-17H2,1-2H3. The molecule has 2 aromatic rings. The van der Waals surface area contributed by atoms with Gasteiger partial charge in [-0.15, -0.1) is 0 Å². The van der Waals surface area contributed by atoms with E-state index in [0.29, 0.717) is 19.3 Å². The monoisotopic (exact) mass is 395 g/mol. The van der Waals surface area contributed by atoms with Gasteiger partial charge in [-0.2, -0.15) is 0 Å². The van der Waals surface area contributed by atoms with E-state index in [1.807, 2.05) is 6.07 Å². The summed E-state index contributed by atoms with van der Waals surface area (Å²) in [6.45, 7) is 4.62. The van der Waals surface area contributed by atoms with Gasteiger partial charge in [0.2, 0.25) is 0 Å². The Kier molecular flexibility index (Phi) is 6.45. The summed E-state index contributed by atoms with van der Waals surface area (Å²) in [6, 6.07) is 15.9. The van der Waals surface area contributed by atoms with Crippen molar-refractivity contribution in [3.8, 4) is 11.5 Å². The molecule has 0 spiro atoms. The van der Waals surface area contributed by atoms with Gasteiger partial charge in [0.15, 0.2) is 11.5 Å². The van der Waals surface area contributed by atoms with Gasteiger partial charge in [-0.25, -0.2) is 0 Å². The Bertz CT molecular complexity index is 783. The van der Waals surface area contributed by atoms with E-state index in [0.717, 1.165) is 44.0 Å². The number of anilines is 2. The lowest BCUT2D eigenvalue weighted by atomic mass is 10.0. The molecule has 0 saturated carbocycles. The van der Waals surface area contributed by atoms with Crippen LogP contribution >= 0.6 is 0 Å². The first kappa shape index (κ1) is 19.9. The van der Waals surface area contributed by atoms with Gasteiger partial charge >= 0.3 is 0 Å². The highest BCUT2D eigenvalue weighted by Crippen LogP contribution is 2.31. The van der Waals surface area contributed by atoms with Crippen LogP contribution < -0.4 is 24.6 Å². The third kappa shape index (κ3) is 5.15. The van der Waals surface area contributed by atoms with Crippen LogP contribution in [0.1, 0.15) is 24.8 Å². The third-order valence-electron chi connectivity index (χ3n) is 5.91. The fourth-order valence-electron chi connectivity index (χ4n) is 4.15. The number of fused-ring (bicyclic) bond motifs is 1. The quantitative estimate of drug-likeness (QED) is 0.724. The number of ether oxygens (including phenoxy) is 2. The maximum absolute atomic E-state index is 5.68. The Labute approximate surface area is 174 Å². The molecule has 0 aromatic heterocycles. The van der Waals surface area contributed by atoms with E-state index in [1.165, 1.54) is 29.8 Å². The molecule has 1 fully saturated rings. The lowest BCUT2D eigenvalue weighted by Crippen LogP contribution is -2.42. The average molecular weight is 396 g/mol. The van der Waals surface area contributed by atoms with Crippen molar-refractivity contribution in [2.24, 2.45) is 0 Å². The molecule has 0 atom stereocenters. The molecule has 1 saturated heterocycles. The van der Waals surface area contributed by atoms with Gasteiger partial charge in [0.25, 0.3) is 0 Å². The van der Waals surface area contributed by atoms with Crippen LogP contribution in [0, 0.1) is 0 Å². The van der Waals surface area contributed by atoms with Gasteiger partial charge < -0.3 is 24.6 Å². The molecule has 156 valence electrons. The van der Waals surface area contributed by atoms with Crippen LogP contribution in [-0.4, -0.2) is 53.0 Å². The molecule has 2 aliphatic rings. The number of piperidine rings is 1. The summed E-state index contributed by atoms with van der Waals surface area (Å²) in [6.07, 6.45) is 4.63. The Balaban J connectivity index is 1.17. The van der Waals surface area contributed by atoms with Crippen molar-refractivity contribution >= 4 is 11.4 Å². The Morgan fingerprint density at radius 2 is 1.69 bits per heavy atom. The highest BCUT2D eigenvalue weighted by Gasteiger charge is 2.19. The highest BCUT2D eigenvalue weighted by atomic mass is 16.6. The van der Waals surface area contributed by atoms with Gasteiger partial charge in [-0.05, 0) is 74.2 Å². The predicted molar refractivity (Wildman–Crippen MR) is 120 cm³/mol. The zero-order valence-electron chi connectivity index (χ0n) is 17.7. The molecule has 0 radical (unpaired) electrons. The molecule has 0 amide bonds. The molecule has 0 unspecified atom stereocenters. The first-order chi connectivity index (χ1) is 14.2.